The average molecular weight is 309 g/mol. The highest BCUT2D eigenvalue weighted by molar-refractivity contribution is 6.31. The molecular formula is C14H13ClN2O4. The molecule has 0 unspecified atom stereocenters. The molecule has 0 atom stereocenters. The van der Waals surface area contributed by atoms with Crippen LogP contribution in [0.1, 0.15) is 21.7 Å². The zero-order chi connectivity index (χ0) is 15.0. The van der Waals surface area contributed by atoms with Gasteiger partial charge in [-0.15, -0.1) is 0 Å². The second-order valence-corrected chi connectivity index (χ2v) is 5.00. The molecule has 0 spiro atoms. The highest BCUT2D eigenvalue weighted by Crippen LogP contribution is 2.38. The lowest BCUT2D eigenvalue weighted by Gasteiger charge is -2.10. The number of ether oxygens (including phenoxy) is 3. The fraction of sp³-hybridized carbons (Fsp3) is 0.286. The molecule has 6 nitrogen and oxygen atoms in total. The van der Waals surface area contributed by atoms with Crippen molar-refractivity contribution in [1.29, 1.82) is 0 Å². The van der Waals surface area contributed by atoms with Crippen LogP contribution in [0.5, 0.6) is 17.2 Å². The minimum Gasteiger partial charge on any atom is -0.486 e. The SMILES string of the molecule is Cc1nn(C)c(COc2cc3c(cc2C=O)OCO3)c1Cl. The Bertz CT molecular complexity index is 711. The summed E-state index contributed by atoms with van der Waals surface area (Å²) in [6.45, 7) is 2.17. The number of aldehydes is 1. The van der Waals surface area contributed by atoms with E-state index in [-0.39, 0.29) is 13.4 Å². The third-order valence-corrected chi connectivity index (χ3v) is 3.75. The number of halogens is 1. The van der Waals surface area contributed by atoms with Gasteiger partial charge in [-0.3, -0.25) is 9.48 Å². The van der Waals surface area contributed by atoms with Crippen LogP contribution in [0.25, 0.3) is 0 Å². The molecule has 1 aromatic carbocycles. The largest absolute Gasteiger partial charge is 0.486 e. The quantitative estimate of drug-likeness (QED) is 0.812. The Morgan fingerprint density at radius 2 is 2.14 bits per heavy atom. The lowest BCUT2D eigenvalue weighted by molar-refractivity contribution is 0.111. The van der Waals surface area contributed by atoms with Crippen molar-refractivity contribution < 1.29 is 19.0 Å². The van der Waals surface area contributed by atoms with Gasteiger partial charge in [0.2, 0.25) is 6.79 Å². The van der Waals surface area contributed by atoms with Crippen LogP contribution in [0.2, 0.25) is 5.02 Å². The Hall–Kier alpha value is -2.21. The van der Waals surface area contributed by atoms with E-state index >= 15 is 0 Å². The minimum absolute atomic E-state index is 0.143. The highest BCUT2D eigenvalue weighted by atomic mass is 35.5. The molecule has 2 aromatic rings. The van der Waals surface area contributed by atoms with Crippen molar-refractivity contribution >= 4 is 17.9 Å². The predicted molar refractivity (Wildman–Crippen MR) is 75.2 cm³/mol. The fourth-order valence-corrected chi connectivity index (χ4v) is 2.35. The van der Waals surface area contributed by atoms with Gasteiger partial charge >= 0.3 is 0 Å². The van der Waals surface area contributed by atoms with Crippen LogP contribution in [0, 0.1) is 6.92 Å². The van der Waals surface area contributed by atoms with Gasteiger partial charge in [0, 0.05) is 13.1 Å². The molecule has 0 saturated carbocycles. The molecule has 0 radical (unpaired) electrons. The number of carbonyl (C=O) groups excluding carboxylic acids is 1. The topological polar surface area (TPSA) is 62.6 Å². The zero-order valence-corrected chi connectivity index (χ0v) is 12.3. The number of benzene rings is 1. The summed E-state index contributed by atoms with van der Waals surface area (Å²) in [5, 5.41) is 4.77. The van der Waals surface area contributed by atoms with E-state index in [4.69, 9.17) is 25.8 Å². The molecule has 7 heteroatoms. The van der Waals surface area contributed by atoms with Crippen molar-refractivity contribution in [2.75, 3.05) is 6.79 Å². The summed E-state index contributed by atoms with van der Waals surface area (Å²) in [7, 11) is 1.79. The van der Waals surface area contributed by atoms with Crippen molar-refractivity contribution in [3.63, 3.8) is 0 Å². The Kier molecular flexibility index (Phi) is 3.47. The summed E-state index contributed by atoms with van der Waals surface area (Å²) >= 11 is 6.17. The van der Waals surface area contributed by atoms with Gasteiger partial charge in [0.25, 0.3) is 0 Å². The molecule has 0 fully saturated rings. The summed E-state index contributed by atoms with van der Waals surface area (Å²) in [6.07, 6.45) is 0.716. The van der Waals surface area contributed by atoms with Crippen molar-refractivity contribution in [3.8, 4) is 17.2 Å². The number of aromatic nitrogens is 2. The number of nitrogens with zero attached hydrogens (tertiary/aromatic N) is 2. The lowest BCUT2D eigenvalue weighted by Crippen LogP contribution is -2.04. The van der Waals surface area contributed by atoms with Gasteiger partial charge in [0.1, 0.15) is 12.4 Å². The van der Waals surface area contributed by atoms with E-state index in [0.29, 0.717) is 34.1 Å². The summed E-state index contributed by atoms with van der Waals surface area (Å²) in [5.74, 6) is 1.52. The number of fused-ring (bicyclic) bond motifs is 1. The molecule has 0 N–H and O–H groups in total. The molecule has 1 aromatic heterocycles. The monoisotopic (exact) mass is 308 g/mol. The van der Waals surface area contributed by atoms with Gasteiger partial charge in [-0.05, 0) is 13.0 Å². The Morgan fingerprint density at radius 3 is 2.76 bits per heavy atom. The summed E-state index contributed by atoms with van der Waals surface area (Å²) in [4.78, 5) is 11.2. The number of carbonyl (C=O) groups is 1. The third-order valence-electron chi connectivity index (χ3n) is 3.26. The van der Waals surface area contributed by atoms with Crippen molar-refractivity contribution in [2.45, 2.75) is 13.5 Å². The van der Waals surface area contributed by atoms with Crippen LogP contribution in [0.3, 0.4) is 0 Å². The van der Waals surface area contributed by atoms with E-state index in [1.165, 1.54) is 0 Å². The zero-order valence-electron chi connectivity index (χ0n) is 11.6. The maximum absolute atomic E-state index is 11.2. The Morgan fingerprint density at radius 1 is 1.43 bits per heavy atom. The van der Waals surface area contributed by atoms with Gasteiger partial charge < -0.3 is 14.2 Å². The molecular weight excluding hydrogens is 296 g/mol. The van der Waals surface area contributed by atoms with Crippen LogP contribution in [0.15, 0.2) is 12.1 Å². The maximum atomic E-state index is 11.2. The van der Waals surface area contributed by atoms with Gasteiger partial charge in [-0.2, -0.15) is 5.10 Å². The smallest absolute Gasteiger partial charge is 0.231 e. The van der Waals surface area contributed by atoms with Gasteiger partial charge in [0.05, 0.1) is 22.0 Å². The summed E-state index contributed by atoms with van der Waals surface area (Å²) in [6, 6.07) is 3.24. The predicted octanol–water partition coefficient (Wildman–Crippen LogP) is 2.50. The highest BCUT2D eigenvalue weighted by Gasteiger charge is 2.19. The molecule has 0 saturated heterocycles. The minimum atomic E-state index is 0.143. The van der Waals surface area contributed by atoms with Crippen LogP contribution in [0.4, 0.5) is 0 Å². The van der Waals surface area contributed by atoms with Crippen LogP contribution in [-0.4, -0.2) is 22.9 Å². The number of aryl methyl sites for hydroxylation is 2. The first-order chi connectivity index (χ1) is 10.1. The molecule has 0 amide bonds. The van der Waals surface area contributed by atoms with E-state index in [2.05, 4.69) is 5.10 Å². The second kappa shape index (κ2) is 5.29. The number of hydrogen-bond acceptors (Lipinski definition) is 5. The maximum Gasteiger partial charge on any atom is 0.231 e. The average Bonchev–Trinajstić information content (AvgIpc) is 3.01. The number of hydrogen-bond donors (Lipinski definition) is 0. The normalized spacial score (nSPS) is 12.5. The number of rotatable bonds is 4. The van der Waals surface area contributed by atoms with Crippen molar-refractivity contribution in [3.05, 3.63) is 34.1 Å². The van der Waals surface area contributed by atoms with Gasteiger partial charge in [0.15, 0.2) is 17.8 Å². The first-order valence-corrected chi connectivity index (χ1v) is 6.67. The van der Waals surface area contributed by atoms with Crippen LogP contribution < -0.4 is 14.2 Å². The molecule has 0 bridgehead atoms. The molecule has 0 aliphatic carbocycles. The van der Waals surface area contributed by atoms with E-state index in [1.54, 1.807) is 23.9 Å². The van der Waals surface area contributed by atoms with Gasteiger partial charge in [-0.1, -0.05) is 11.6 Å². The molecule has 3 rings (SSSR count). The lowest BCUT2D eigenvalue weighted by atomic mass is 10.2. The first kappa shape index (κ1) is 13.8. The molecule has 110 valence electrons. The van der Waals surface area contributed by atoms with E-state index in [1.807, 2.05) is 6.92 Å². The van der Waals surface area contributed by atoms with E-state index in [9.17, 15) is 4.79 Å². The molecule has 1 aliphatic heterocycles. The van der Waals surface area contributed by atoms with Crippen molar-refractivity contribution in [2.24, 2.45) is 7.05 Å². The van der Waals surface area contributed by atoms with E-state index < -0.39 is 0 Å². The van der Waals surface area contributed by atoms with E-state index in [0.717, 1.165) is 11.4 Å². The standard InChI is InChI=1S/C14H13ClN2O4/c1-8-14(15)10(17(2)16-8)6-19-11-4-13-12(20-7-21-13)3-9(11)5-18/h3-5H,6-7H2,1-2H3. The second-order valence-electron chi connectivity index (χ2n) is 4.62. The molecule has 2 heterocycles. The third kappa shape index (κ3) is 2.42. The Labute approximate surface area is 126 Å². The molecule has 1 aliphatic rings. The first-order valence-electron chi connectivity index (χ1n) is 6.29. The summed E-state index contributed by atoms with van der Waals surface area (Å²) < 4.78 is 17.9. The Balaban J connectivity index is 1.86. The van der Waals surface area contributed by atoms with Crippen LogP contribution >= 0.6 is 11.6 Å². The van der Waals surface area contributed by atoms with Gasteiger partial charge in [-0.25, -0.2) is 0 Å². The van der Waals surface area contributed by atoms with Crippen LogP contribution in [-0.2, 0) is 13.7 Å². The van der Waals surface area contributed by atoms with Crippen molar-refractivity contribution in [1.82, 2.24) is 9.78 Å². The summed E-state index contributed by atoms with van der Waals surface area (Å²) in [5.41, 5.74) is 1.87. The molecule has 21 heavy (non-hydrogen) atoms. The fourth-order valence-electron chi connectivity index (χ4n) is 2.14.